The van der Waals surface area contributed by atoms with Crippen LogP contribution in [0.3, 0.4) is 0 Å². The van der Waals surface area contributed by atoms with Crippen LogP contribution in [0, 0.1) is 12.8 Å². The zero-order valence-electron chi connectivity index (χ0n) is 15.2. The molecule has 136 valence electrons. The maximum atomic E-state index is 12.3. The Morgan fingerprint density at radius 1 is 1.15 bits per heavy atom. The first-order valence-electron chi connectivity index (χ1n) is 8.82. The quantitative estimate of drug-likeness (QED) is 0.870. The number of anilines is 1. The zero-order valence-corrected chi connectivity index (χ0v) is 15.2. The predicted molar refractivity (Wildman–Crippen MR) is 101 cm³/mol. The van der Waals surface area contributed by atoms with Crippen LogP contribution in [0.4, 0.5) is 5.69 Å². The van der Waals surface area contributed by atoms with E-state index in [9.17, 15) is 9.59 Å². The summed E-state index contributed by atoms with van der Waals surface area (Å²) in [5.74, 6) is 0.998. The van der Waals surface area contributed by atoms with E-state index in [0.29, 0.717) is 25.9 Å². The normalized spacial score (nSPS) is 16.6. The Morgan fingerprint density at radius 3 is 2.50 bits per heavy atom. The molecule has 1 heterocycles. The molecule has 1 aliphatic rings. The molecule has 5 heteroatoms. The molecule has 0 aliphatic carbocycles. The predicted octanol–water partition coefficient (Wildman–Crippen LogP) is 2.72. The largest absolute Gasteiger partial charge is 0.497 e. The Bertz CT molecular complexity index is 769. The van der Waals surface area contributed by atoms with Gasteiger partial charge in [0.15, 0.2) is 0 Å². The van der Waals surface area contributed by atoms with Crippen molar-refractivity contribution in [3.8, 4) is 5.75 Å². The summed E-state index contributed by atoms with van der Waals surface area (Å²) in [5.41, 5.74) is 3.03. The number of methoxy groups -OCH3 is 1. The third kappa shape index (κ3) is 4.42. The molecule has 1 aliphatic heterocycles. The van der Waals surface area contributed by atoms with Crippen molar-refractivity contribution in [2.45, 2.75) is 19.8 Å². The van der Waals surface area contributed by atoms with Crippen molar-refractivity contribution in [1.82, 2.24) is 5.32 Å². The number of hydrogen-bond donors (Lipinski definition) is 1. The van der Waals surface area contributed by atoms with E-state index in [1.807, 2.05) is 55.5 Å². The van der Waals surface area contributed by atoms with Gasteiger partial charge in [0.05, 0.1) is 13.5 Å². The van der Waals surface area contributed by atoms with Crippen LogP contribution in [-0.4, -0.2) is 32.0 Å². The first-order chi connectivity index (χ1) is 12.5. The van der Waals surface area contributed by atoms with Crippen LogP contribution in [0.15, 0.2) is 48.5 Å². The molecule has 1 N–H and O–H groups in total. The highest BCUT2D eigenvalue weighted by molar-refractivity contribution is 5.95. The molecule has 26 heavy (non-hydrogen) atoms. The molecule has 1 atom stereocenters. The monoisotopic (exact) mass is 352 g/mol. The summed E-state index contributed by atoms with van der Waals surface area (Å²) in [6.45, 7) is 3.19. The Kier molecular flexibility index (Phi) is 5.56. The van der Waals surface area contributed by atoms with E-state index in [2.05, 4.69) is 5.32 Å². The minimum Gasteiger partial charge on any atom is -0.497 e. The van der Waals surface area contributed by atoms with Gasteiger partial charge in [0.2, 0.25) is 11.8 Å². The minimum absolute atomic E-state index is 0.0311. The highest BCUT2D eigenvalue weighted by Gasteiger charge is 2.30. The molecule has 1 saturated heterocycles. The van der Waals surface area contributed by atoms with Gasteiger partial charge in [0.1, 0.15) is 5.75 Å². The van der Waals surface area contributed by atoms with E-state index in [-0.39, 0.29) is 17.7 Å². The van der Waals surface area contributed by atoms with Crippen molar-refractivity contribution < 1.29 is 14.3 Å². The number of carbonyl (C=O) groups is 2. The third-order valence-electron chi connectivity index (χ3n) is 4.66. The van der Waals surface area contributed by atoms with E-state index in [0.717, 1.165) is 17.0 Å². The number of benzene rings is 2. The second kappa shape index (κ2) is 8.04. The summed E-state index contributed by atoms with van der Waals surface area (Å²) >= 11 is 0. The average molecular weight is 352 g/mol. The SMILES string of the molecule is COc1ccc(CC(=O)NCC2CC(=O)N(c3ccc(C)cc3)C2)cc1. The first-order valence-corrected chi connectivity index (χ1v) is 8.82. The van der Waals surface area contributed by atoms with Crippen molar-refractivity contribution in [2.75, 3.05) is 25.1 Å². The lowest BCUT2D eigenvalue weighted by Crippen LogP contribution is -2.32. The number of amides is 2. The molecule has 0 spiro atoms. The summed E-state index contributed by atoms with van der Waals surface area (Å²) in [4.78, 5) is 26.2. The van der Waals surface area contributed by atoms with Gasteiger partial charge < -0.3 is 15.0 Å². The minimum atomic E-state index is -0.0311. The molecule has 1 fully saturated rings. The maximum Gasteiger partial charge on any atom is 0.227 e. The number of nitrogens with zero attached hydrogens (tertiary/aromatic N) is 1. The van der Waals surface area contributed by atoms with Gasteiger partial charge in [-0.05, 0) is 36.8 Å². The molecule has 0 aromatic heterocycles. The molecule has 3 rings (SSSR count). The number of rotatable bonds is 6. The van der Waals surface area contributed by atoms with Crippen LogP contribution in [0.25, 0.3) is 0 Å². The molecule has 1 unspecified atom stereocenters. The van der Waals surface area contributed by atoms with Gasteiger partial charge in [-0.2, -0.15) is 0 Å². The van der Waals surface area contributed by atoms with Crippen molar-refractivity contribution in [3.05, 3.63) is 59.7 Å². The van der Waals surface area contributed by atoms with Crippen molar-refractivity contribution in [1.29, 1.82) is 0 Å². The Labute approximate surface area is 154 Å². The number of ether oxygens (including phenoxy) is 1. The summed E-state index contributed by atoms with van der Waals surface area (Å²) in [5, 5.41) is 2.95. The lowest BCUT2D eigenvalue weighted by Gasteiger charge is -2.17. The molecule has 2 aromatic rings. The van der Waals surface area contributed by atoms with Gasteiger partial charge in [-0.25, -0.2) is 0 Å². The molecule has 5 nitrogen and oxygen atoms in total. The van der Waals surface area contributed by atoms with Crippen LogP contribution in [0.5, 0.6) is 5.75 Å². The van der Waals surface area contributed by atoms with E-state index in [4.69, 9.17) is 4.74 Å². The Hall–Kier alpha value is -2.82. The highest BCUT2D eigenvalue weighted by atomic mass is 16.5. The zero-order chi connectivity index (χ0) is 18.5. The number of hydrogen-bond acceptors (Lipinski definition) is 3. The fourth-order valence-corrected chi connectivity index (χ4v) is 3.14. The second-order valence-electron chi connectivity index (χ2n) is 6.74. The second-order valence-corrected chi connectivity index (χ2v) is 6.74. The standard InChI is InChI=1S/C21H24N2O3/c1-15-3-7-18(8-4-15)23-14-17(12-21(23)25)13-22-20(24)11-16-5-9-19(26-2)10-6-16/h3-10,17H,11-14H2,1-2H3,(H,22,24). The van der Waals surface area contributed by atoms with Gasteiger partial charge in [-0.3, -0.25) is 9.59 Å². The Morgan fingerprint density at radius 2 is 1.85 bits per heavy atom. The van der Waals surface area contributed by atoms with Gasteiger partial charge >= 0.3 is 0 Å². The summed E-state index contributed by atoms with van der Waals surface area (Å²) in [6, 6.07) is 15.4. The number of nitrogens with one attached hydrogen (secondary N) is 1. The number of carbonyl (C=O) groups excluding carboxylic acids is 2. The van der Waals surface area contributed by atoms with E-state index in [1.54, 1.807) is 12.0 Å². The van der Waals surface area contributed by atoms with Crippen molar-refractivity contribution in [3.63, 3.8) is 0 Å². The van der Waals surface area contributed by atoms with E-state index >= 15 is 0 Å². The van der Waals surface area contributed by atoms with Crippen LogP contribution >= 0.6 is 0 Å². The van der Waals surface area contributed by atoms with Gasteiger partial charge in [0.25, 0.3) is 0 Å². The molecule has 0 saturated carbocycles. The molecular formula is C21H24N2O3. The van der Waals surface area contributed by atoms with E-state index < -0.39 is 0 Å². The summed E-state index contributed by atoms with van der Waals surface area (Å²) < 4.78 is 5.12. The van der Waals surface area contributed by atoms with E-state index in [1.165, 1.54) is 5.56 Å². The smallest absolute Gasteiger partial charge is 0.227 e. The first kappa shape index (κ1) is 18.0. The fourth-order valence-electron chi connectivity index (χ4n) is 3.14. The molecule has 2 amide bonds. The van der Waals surface area contributed by atoms with Crippen LogP contribution in [0.2, 0.25) is 0 Å². The maximum absolute atomic E-state index is 12.3. The lowest BCUT2D eigenvalue weighted by atomic mass is 10.1. The summed E-state index contributed by atoms with van der Waals surface area (Å²) in [6.07, 6.45) is 0.795. The van der Waals surface area contributed by atoms with Crippen LogP contribution in [0.1, 0.15) is 17.5 Å². The summed E-state index contributed by atoms with van der Waals surface area (Å²) in [7, 11) is 1.62. The highest BCUT2D eigenvalue weighted by Crippen LogP contribution is 2.25. The van der Waals surface area contributed by atoms with Crippen molar-refractivity contribution in [2.24, 2.45) is 5.92 Å². The molecule has 0 bridgehead atoms. The van der Waals surface area contributed by atoms with Gasteiger partial charge in [-0.15, -0.1) is 0 Å². The molecule has 2 aromatic carbocycles. The topological polar surface area (TPSA) is 58.6 Å². The molecule has 0 radical (unpaired) electrons. The van der Waals surface area contributed by atoms with Crippen LogP contribution in [-0.2, 0) is 16.0 Å². The van der Waals surface area contributed by atoms with Crippen molar-refractivity contribution >= 4 is 17.5 Å². The number of aryl methyl sites for hydroxylation is 1. The molecular weight excluding hydrogens is 328 g/mol. The van der Waals surface area contributed by atoms with Gasteiger partial charge in [-0.1, -0.05) is 29.8 Å². The fraction of sp³-hybridized carbons (Fsp3) is 0.333. The Balaban J connectivity index is 1.49. The lowest BCUT2D eigenvalue weighted by molar-refractivity contribution is -0.121. The average Bonchev–Trinajstić information content (AvgIpc) is 3.02. The van der Waals surface area contributed by atoms with Crippen LogP contribution < -0.4 is 15.0 Å². The van der Waals surface area contributed by atoms with Gasteiger partial charge in [0, 0.05) is 31.1 Å². The third-order valence-corrected chi connectivity index (χ3v) is 4.66.